The van der Waals surface area contributed by atoms with Crippen molar-refractivity contribution in [2.24, 2.45) is 0 Å². The van der Waals surface area contributed by atoms with Crippen molar-refractivity contribution >= 4 is 17.4 Å². The van der Waals surface area contributed by atoms with Gasteiger partial charge in [-0.05, 0) is 24.5 Å². The molecule has 0 aliphatic heterocycles. The van der Waals surface area contributed by atoms with Crippen molar-refractivity contribution in [3.05, 3.63) is 48.5 Å². The molecule has 0 saturated heterocycles. The van der Waals surface area contributed by atoms with Gasteiger partial charge in [-0.3, -0.25) is 9.97 Å². The summed E-state index contributed by atoms with van der Waals surface area (Å²) >= 11 is 1.74. The number of rotatable bonds is 4. The van der Waals surface area contributed by atoms with Gasteiger partial charge < -0.3 is 5.32 Å². The highest BCUT2D eigenvalue weighted by molar-refractivity contribution is 7.98. The van der Waals surface area contributed by atoms with Crippen molar-refractivity contribution < 1.29 is 0 Å². The molecule has 1 N–H and O–H groups in total. The summed E-state index contributed by atoms with van der Waals surface area (Å²) in [7, 11) is 0. The number of anilines is 1. The van der Waals surface area contributed by atoms with E-state index in [0.717, 1.165) is 11.4 Å². The van der Waals surface area contributed by atoms with Crippen LogP contribution in [0.4, 0.5) is 5.69 Å². The first-order valence-corrected chi connectivity index (χ1v) is 6.24. The molecule has 0 atom stereocenters. The Morgan fingerprint density at radius 2 is 2.25 bits per heavy atom. The van der Waals surface area contributed by atoms with E-state index >= 15 is 0 Å². The zero-order chi connectivity index (χ0) is 11.2. The van der Waals surface area contributed by atoms with Crippen LogP contribution in [-0.4, -0.2) is 16.2 Å². The number of benzene rings is 1. The molecule has 0 fully saturated rings. The lowest BCUT2D eigenvalue weighted by Gasteiger charge is -2.06. The Morgan fingerprint density at radius 3 is 3.00 bits per heavy atom. The van der Waals surface area contributed by atoms with Crippen molar-refractivity contribution in [1.82, 2.24) is 9.97 Å². The third-order valence-corrected chi connectivity index (χ3v) is 2.89. The number of hydrogen-bond donors (Lipinski definition) is 1. The van der Waals surface area contributed by atoms with Crippen LogP contribution < -0.4 is 5.32 Å². The van der Waals surface area contributed by atoms with E-state index in [-0.39, 0.29) is 0 Å². The fourth-order valence-corrected chi connectivity index (χ4v) is 1.81. The van der Waals surface area contributed by atoms with Crippen molar-refractivity contribution in [1.29, 1.82) is 0 Å². The Balaban J connectivity index is 1.99. The lowest BCUT2D eigenvalue weighted by molar-refractivity contribution is 1.01. The smallest absolute Gasteiger partial charge is 0.0777 e. The van der Waals surface area contributed by atoms with Gasteiger partial charge in [-0.1, -0.05) is 6.07 Å². The second kappa shape index (κ2) is 5.51. The molecule has 82 valence electrons. The van der Waals surface area contributed by atoms with Crippen LogP contribution in [0, 0.1) is 0 Å². The summed E-state index contributed by atoms with van der Waals surface area (Å²) < 4.78 is 0. The Labute approximate surface area is 99.3 Å². The SMILES string of the molecule is CSc1cccc(NCc2cnccn2)c1. The standard InChI is InChI=1S/C12H13N3S/c1-16-12-4-2-3-10(7-12)15-9-11-8-13-5-6-14-11/h2-8,15H,9H2,1H3. The van der Waals surface area contributed by atoms with Crippen LogP contribution in [0.5, 0.6) is 0 Å². The van der Waals surface area contributed by atoms with E-state index in [1.165, 1.54) is 4.90 Å². The Hall–Kier alpha value is -1.55. The third kappa shape index (κ3) is 2.97. The van der Waals surface area contributed by atoms with Gasteiger partial charge >= 0.3 is 0 Å². The zero-order valence-electron chi connectivity index (χ0n) is 9.05. The van der Waals surface area contributed by atoms with Gasteiger partial charge in [-0.2, -0.15) is 0 Å². The van der Waals surface area contributed by atoms with E-state index in [2.05, 4.69) is 39.7 Å². The predicted octanol–water partition coefficient (Wildman–Crippen LogP) is 2.81. The molecule has 0 saturated carbocycles. The Morgan fingerprint density at radius 1 is 1.31 bits per heavy atom. The summed E-state index contributed by atoms with van der Waals surface area (Å²) in [4.78, 5) is 9.48. The maximum absolute atomic E-state index is 4.21. The minimum atomic E-state index is 0.700. The fraction of sp³-hybridized carbons (Fsp3) is 0.167. The minimum absolute atomic E-state index is 0.700. The number of nitrogens with one attached hydrogen (secondary N) is 1. The largest absolute Gasteiger partial charge is 0.379 e. The monoisotopic (exact) mass is 231 g/mol. The van der Waals surface area contributed by atoms with Crippen LogP contribution in [0.2, 0.25) is 0 Å². The molecule has 0 radical (unpaired) electrons. The number of nitrogens with zero attached hydrogens (tertiary/aromatic N) is 2. The summed E-state index contributed by atoms with van der Waals surface area (Å²) in [5, 5.41) is 3.32. The molecular weight excluding hydrogens is 218 g/mol. The highest BCUT2D eigenvalue weighted by Gasteiger charge is 1.96. The average Bonchev–Trinajstić information content (AvgIpc) is 2.38. The van der Waals surface area contributed by atoms with Crippen LogP contribution in [-0.2, 0) is 6.54 Å². The van der Waals surface area contributed by atoms with Crippen LogP contribution in [0.25, 0.3) is 0 Å². The maximum atomic E-state index is 4.21. The zero-order valence-corrected chi connectivity index (χ0v) is 9.87. The maximum Gasteiger partial charge on any atom is 0.0777 e. The molecule has 1 heterocycles. The van der Waals surface area contributed by atoms with Gasteiger partial charge in [0.2, 0.25) is 0 Å². The summed E-state index contributed by atoms with van der Waals surface area (Å²) in [6.07, 6.45) is 7.22. The molecule has 2 aromatic rings. The van der Waals surface area contributed by atoms with Gasteiger partial charge in [0, 0.05) is 23.0 Å². The molecule has 1 aromatic heterocycles. The van der Waals surface area contributed by atoms with Crippen LogP contribution in [0.15, 0.2) is 47.8 Å². The van der Waals surface area contributed by atoms with Crippen LogP contribution in [0.3, 0.4) is 0 Å². The third-order valence-electron chi connectivity index (χ3n) is 2.16. The lowest BCUT2D eigenvalue weighted by atomic mass is 10.3. The van der Waals surface area contributed by atoms with E-state index < -0.39 is 0 Å². The second-order valence-electron chi connectivity index (χ2n) is 3.28. The molecule has 0 aliphatic rings. The minimum Gasteiger partial charge on any atom is -0.379 e. The molecule has 1 aromatic carbocycles. The Kier molecular flexibility index (Phi) is 3.77. The highest BCUT2D eigenvalue weighted by Crippen LogP contribution is 2.19. The molecule has 3 nitrogen and oxygen atoms in total. The lowest BCUT2D eigenvalue weighted by Crippen LogP contribution is -2.01. The number of thioether (sulfide) groups is 1. The molecule has 0 bridgehead atoms. The van der Waals surface area contributed by atoms with Gasteiger partial charge in [-0.15, -0.1) is 11.8 Å². The average molecular weight is 231 g/mol. The highest BCUT2D eigenvalue weighted by atomic mass is 32.2. The first-order chi connectivity index (χ1) is 7.88. The first-order valence-electron chi connectivity index (χ1n) is 5.01. The first kappa shape index (κ1) is 11.0. The molecule has 0 unspecified atom stereocenters. The molecule has 0 amide bonds. The van der Waals surface area contributed by atoms with Gasteiger partial charge in [0.1, 0.15) is 0 Å². The van der Waals surface area contributed by atoms with Crippen molar-refractivity contribution in [2.45, 2.75) is 11.4 Å². The summed E-state index contributed by atoms with van der Waals surface area (Å²) in [6, 6.07) is 8.32. The van der Waals surface area contributed by atoms with E-state index in [4.69, 9.17) is 0 Å². The van der Waals surface area contributed by atoms with Crippen LogP contribution in [0.1, 0.15) is 5.69 Å². The van der Waals surface area contributed by atoms with E-state index in [0.29, 0.717) is 6.54 Å². The second-order valence-corrected chi connectivity index (χ2v) is 4.16. The summed E-state index contributed by atoms with van der Waals surface area (Å²) in [5.41, 5.74) is 2.05. The summed E-state index contributed by atoms with van der Waals surface area (Å²) in [5.74, 6) is 0. The van der Waals surface area contributed by atoms with Gasteiger partial charge in [0.05, 0.1) is 18.4 Å². The normalized spacial score (nSPS) is 10.1. The summed E-state index contributed by atoms with van der Waals surface area (Å²) in [6.45, 7) is 0.700. The predicted molar refractivity (Wildman–Crippen MR) is 67.6 cm³/mol. The van der Waals surface area contributed by atoms with Crippen LogP contribution >= 0.6 is 11.8 Å². The van der Waals surface area contributed by atoms with Crippen molar-refractivity contribution in [3.63, 3.8) is 0 Å². The molecule has 0 spiro atoms. The van der Waals surface area contributed by atoms with Gasteiger partial charge in [-0.25, -0.2) is 0 Å². The molecule has 4 heteroatoms. The quantitative estimate of drug-likeness (QED) is 0.821. The van der Waals surface area contributed by atoms with Crippen molar-refractivity contribution in [2.75, 3.05) is 11.6 Å². The van der Waals surface area contributed by atoms with Gasteiger partial charge in [0.25, 0.3) is 0 Å². The van der Waals surface area contributed by atoms with Crippen molar-refractivity contribution in [3.8, 4) is 0 Å². The van der Waals surface area contributed by atoms with Gasteiger partial charge in [0.15, 0.2) is 0 Å². The van der Waals surface area contributed by atoms with E-state index in [1.807, 2.05) is 6.07 Å². The molecular formula is C12H13N3S. The number of aromatic nitrogens is 2. The molecule has 2 rings (SSSR count). The molecule has 0 aliphatic carbocycles. The van der Waals surface area contributed by atoms with E-state index in [1.54, 1.807) is 30.4 Å². The van der Waals surface area contributed by atoms with E-state index in [9.17, 15) is 0 Å². The fourth-order valence-electron chi connectivity index (χ4n) is 1.35. The molecule has 16 heavy (non-hydrogen) atoms. The number of hydrogen-bond acceptors (Lipinski definition) is 4. The Bertz CT molecular complexity index is 445. The topological polar surface area (TPSA) is 37.8 Å².